The summed E-state index contributed by atoms with van der Waals surface area (Å²) in [5.74, 6) is -0.381. The Labute approximate surface area is 151 Å². The molecule has 1 aliphatic carbocycles. The van der Waals surface area contributed by atoms with Crippen molar-refractivity contribution in [2.75, 3.05) is 18.5 Å². The van der Waals surface area contributed by atoms with Crippen molar-refractivity contribution in [2.24, 2.45) is 5.92 Å². The van der Waals surface area contributed by atoms with Gasteiger partial charge in [0.05, 0.1) is 12.3 Å². The standard InChI is InChI=1S/C20H22F2N2O2/c1-3-26-18-7-5-4-6-17(18)24-19(25)23-12-20(11-13(20)2)15-9-8-14(21)10-16(15)22/h4-10,13H,3,11-12H2,1-2H3,(H2,23,24,25). The highest BCUT2D eigenvalue weighted by Gasteiger charge is 2.53. The molecule has 138 valence electrons. The molecule has 6 heteroatoms. The lowest BCUT2D eigenvalue weighted by molar-refractivity contribution is 0.250. The number of amides is 2. The second-order valence-electron chi connectivity index (χ2n) is 6.62. The number of hydrogen-bond acceptors (Lipinski definition) is 2. The molecule has 4 nitrogen and oxygen atoms in total. The number of benzene rings is 2. The number of rotatable bonds is 6. The smallest absolute Gasteiger partial charge is 0.319 e. The third kappa shape index (κ3) is 3.64. The predicted molar refractivity (Wildman–Crippen MR) is 96.4 cm³/mol. The zero-order chi connectivity index (χ0) is 18.7. The number of halogens is 2. The van der Waals surface area contributed by atoms with E-state index in [-0.39, 0.29) is 12.5 Å². The zero-order valence-corrected chi connectivity index (χ0v) is 14.8. The highest BCUT2D eigenvalue weighted by Crippen LogP contribution is 2.54. The first kappa shape index (κ1) is 18.2. The first-order valence-electron chi connectivity index (χ1n) is 8.68. The van der Waals surface area contributed by atoms with Crippen molar-refractivity contribution in [3.63, 3.8) is 0 Å². The van der Waals surface area contributed by atoms with Crippen LogP contribution in [0.2, 0.25) is 0 Å². The number of carbonyl (C=O) groups excluding carboxylic acids is 1. The topological polar surface area (TPSA) is 50.4 Å². The van der Waals surface area contributed by atoms with Crippen LogP contribution in [-0.2, 0) is 5.41 Å². The normalized spacial score (nSPS) is 21.2. The Hall–Kier alpha value is -2.63. The Morgan fingerprint density at radius 3 is 2.65 bits per heavy atom. The van der Waals surface area contributed by atoms with Gasteiger partial charge in [-0.05, 0) is 43.0 Å². The molecule has 0 radical (unpaired) electrons. The molecule has 0 saturated heterocycles. The summed E-state index contributed by atoms with van der Waals surface area (Å²) in [4.78, 5) is 12.3. The summed E-state index contributed by atoms with van der Waals surface area (Å²) in [6.45, 7) is 4.63. The minimum Gasteiger partial charge on any atom is -0.492 e. The van der Waals surface area contributed by atoms with E-state index in [0.717, 1.165) is 12.5 Å². The van der Waals surface area contributed by atoms with Gasteiger partial charge in [0, 0.05) is 18.0 Å². The van der Waals surface area contributed by atoms with Gasteiger partial charge in [0.15, 0.2) is 0 Å². The molecule has 0 spiro atoms. The van der Waals surface area contributed by atoms with Crippen LogP contribution in [0.3, 0.4) is 0 Å². The van der Waals surface area contributed by atoms with E-state index in [9.17, 15) is 13.6 Å². The molecule has 2 unspecified atom stereocenters. The van der Waals surface area contributed by atoms with Crippen molar-refractivity contribution in [3.05, 3.63) is 59.7 Å². The Balaban J connectivity index is 1.67. The minimum atomic E-state index is -0.604. The van der Waals surface area contributed by atoms with E-state index in [4.69, 9.17) is 4.74 Å². The maximum absolute atomic E-state index is 14.2. The number of hydrogen-bond donors (Lipinski definition) is 2. The number of ether oxygens (including phenoxy) is 1. The maximum atomic E-state index is 14.2. The van der Waals surface area contributed by atoms with E-state index < -0.39 is 23.1 Å². The number of carbonyl (C=O) groups is 1. The average molecular weight is 360 g/mol. The molecule has 1 saturated carbocycles. The Morgan fingerprint density at radius 2 is 2.00 bits per heavy atom. The van der Waals surface area contributed by atoms with Crippen molar-refractivity contribution >= 4 is 11.7 Å². The molecule has 1 aliphatic rings. The summed E-state index contributed by atoms with van der Waals surface area (Å²) >= 11 is 0. The second-order valence-corrected chi connectivity index (χ2v) is 6.62. The summed E-state index contributed by atoms with van der Waals surface area (Å²) in [7, 11) is 0. The minimum absolute atomic E-state index is 0.207. The van der Waals surface area contributed by atoms with Crippen LogP contribution in [0.4, 0.5) is 19.3 Å². The molecule has 0 heterocycles. The molecule has 2 aromatic carbocycles. The predicted octanol–water partition coefficient (Wildman–Crippen LogP) is 4.46. The molecule has 1 fully saturated rings. The fourth-order valence-electron chi connectivity index (χ4n) is 3.35. The molecule has 0 aromatic heterocycles. The van der Waals surface area contributed by atoms with Crippen LogP contribution in [0.1, 0.15) is 25.8 Å². The first-order chi connectivity index (χ1) is 12.5. The van der Waals surface area contributed by atoms with Gasteiger partial charge in [-0.2, -0.15) is 0 Å². The summed E-state index contributed by atoms with van der Waals surface area (Å²) in [6, 6.07) is 10.4. The van der Waals surface area contributed by atoms with E-state index >= 15 is 0 Å². The van der Waals surface area contributed by atoms with Gasteiger partial charge in [-0.3, -0.25) is 0 Å². The number of nitrogens with one attached hydrogen (secondary N) is 2. The highest BCUT2D eigenvalue weighted by molar-refractivity contribution is 5.91. The van der Waals surface area contributed by atoms with Gasteiger partial charge < -0.3 is 15.4 Å². The summed E-state index contributed by atoms with van der Waals surface area (Å²) < 4.78 is 32.8. The lowest BCUT2D eigenvalue weighted by Gasteiger charge is -2.19. The van der Waals surface area contributed by atoms with Crippen molar-refractivity contribution in [3.8, 4) is 5.75 Å². The number of para-hydroxylation sites is 2. The van der Waals surface area contributed by atoms with Crippen LogP contribution < -0.4 is 15.4 Å². The van der Waals surface area contributed by atoms with E-state index in [2.05, 4.69) is 10.6 Å². The Morgan fingerprint density at radius 1 is 1.27 bits per heavy atom. The zero-order valence-electron chi connectivity index (χ0n) is 14.8. The molecule has 2 aromatic rings. The van der Waals surface area contributed by atoms with Crippen LogP contribution >= 0.6 is 0 Å². The quantitative estimate of drug-likeness (QED) is 0.799. The van der Waals surface area contributed by atoms with Crippen LogP contribution in [0.15, 0.2) is 42.5 Å². The fourth-order valence-corrected chi connectivity index (χ4v) is 3.35. The van der Waals surface area contributed by atoms with Gasteiger partial charge in [-0.1, -0.05) is 25.1 Å². The van der Waals surface area contributed by atoms with Crippen LogP contribution in [0.5, 0.6) is 5.75 Å². The Kier molecular flexibility index (Phi) is 5.11. The molecule has 3 rings (SSSR count). The summed E-state index contributed by atoms with van der Waals surface area (Å²) in [5.41, 5.74) is 0.522. The van der Waals surface area contributed by atoms with Gasteiger partial charge in [-0.25, -0.2) is 13.6 Å². The van der Waals surface area contributed by atoms with Gasteiger partial charge >= 0.3 is 6.03 Å². The third-order valence-corrected chi connectivity index (χ3v) is 4.92. The number of anilines is 1. The number of urea groups is 1. The van der Waals surface area contributed by atoms with Crippen molar-refractivity contribution in [2.45, 2.75) is 25.7 Å². The maximum Gasteiger partial charge on any atom is 0.319 e. The van der Waals surface area contributed by atoms with Crippen molar-refractivity contribution in [1.82, 2.24) is 5.32 Å². The fraction of sp³-hybridized carbons (Fsp3) is 0.350. The van der Waals surface area contributed by atoms with Gasteiger partial charge in [0.1, 0.15) is 17.4 Å². The molecule has 0 aliphatic heterocycles. The molecule has 26 heavy (non-hydrogen) atoms. The van der Waals surface area contributed by atoms with Gasteiger partial charge in [0.25, 0.3) is 0 Å². The van der Waals surface area contributed by atoms with Crippen molar-refractivity contribution < 1.29 is 18.3 Å². The summed E-state index contributed by atoms with van der Waals surface area (Å²) in [6.07, 6.45) is 0.741. The lowest BCUT2D eigenvalue weighted by Crippen LogP contribution is -2.36. The molecular weight excluding hydrogens is 338 g/mol. The molecule has 2 N–H and O–H groups in total. The molecule has 0 bridgehead atoms. The highest BCUT2D eigenvalue weighted by atomic mass is 19.1. The first-order valence-corrected chi connectivity index (χ1v) is 8.68. The molecular formula is C20H22F2N2O2. The van der Waals surface area contributed by atoms with Gasteiger partial charge in [0.2, 0.25) is 0 Å². The van der Waals surface area contributed by atoms with Crippen LogP contribution in [-0.4, -0.2) is 19.2 Å². The third-order valence-electron chi connectivity index (χ3n) is 4.92. The van der Waals surface area contributed by atoms with Crippen LogP contribution in [0, 0.1) is 17.6 Å². The SMILES string of the molecule is CCOc1ccccc1NC(=O)NCC1(c2ccc(F)cc2F)CC1C. The lowest BCUT2D eigenvalue weighted by atomic mass is 9.93. The van der Waals surface area contributed by atoms with E-state index in [1.807, 2.05) is 19.9 Å². The van der Waals surface area contributed by atoms with E-state index in [1.54, 1.807) is 18.2 Å². The summed E-state index contributed by atoms with van der Waals surface area (Å²) in [5, 5.41) is 5.56. The largest absolute Gasteiger partial charge is 0.492 e. The second kappa shape index (κ2) is 7.32. The monoisotopic (exact) mass is 360 g/mol. The molecule has 2 atom stereocenters. The van der Waals surface area contributed by atoms with Gasteiger partial charge in [-0.15, -0.1) is 0 Å². The van der Waals surface area contributed by atoms with Crippen molar-refractivity contribution in [1.29, 1.82) is 0 Å². The van der Waals surface area contributed by atoms with E-state index in [1.165, 1.54) is 12.1 Å². The average Bonchev–Trinajstić information content (AvgIpc) is 3.26. The van der Waals surface area contributed by atoms with Crippen LogP contribution in [0.25, 0.3) is 0 Å². The Bertz CT molecular complexity index is 812. The molecule has 2 amide bonds. The van der Waals surface area contributed by atoms with E-state index in [0.29, 0.717) is 23.6 Å².